The number of aliphatic hydroxyl groups is 1. The predicted octanol–water partition coefficient (Wildman–Crippen LogP) is 9.39. The summed E-state index contributed by atoms with van der Waals surface area (Å²) in [6, 6.07) is 26.8. The molecule has 234 valence electrons. The maximum atomic E-state index is 13.6. The Labute approximate surface area is 282 Å². The van der Waals surface area contributed by atoms with Crippen molar-refractivity contribution >= 4 is 69.7 Å². The van der Waals surface area contributed by atoms with E-state index in [2.05, 4.69) is 5.32 Å². The average molecular weight is 674 g/mol. The highest BCUT2D eigenvalue weighted by molar-refractivity contribution is 6.42. The summed E-state index contributed by atoms with van der Waals surface area (Å²) in [5, 5.41) is 25.3. The van der Waals surface area contributed by atoms with Gasteiger partial charge < -0.3 is 15.5 Å². The van der Waals surface area contributed by atoms with Gasteiger partial charge in [-0.2, -0.15) is 0 Å². The Morgan fingerprint density at radius 1 is 0.870 bits per heavy atom. The molecule has 4 aromatic carbocycles. The number of aryl methyl sites for hydroxylation is 1. The zero-order chi connectivity index (χ0) is 33.0. The Bertz CT molecular complexity index is 1970. The number of carboxylic acid groups (broad SMARTS) is 1. The van der Waals surface area contributed by atoms with E-state index in [1.165, 1.54) is 12.1 Å². The molecule has 0 fully saturated rings. The lowest BCUT2D eigenvalue weighted by Crippen LogP contribution is -2.30. The lowest BCUT2D eigenvalue weighted by molar-refractivity contribution is 0.0690. The second-order valence-electron chi connectivity index (χ2n) is 11.5. The summed E-state index contributed by atoms with van der Waals surface area (Å²) in [6.45, 7) is 3.47. The maximum absolute atomic E-state index is 13.6. The van der Waals surface area contributed by atoms with E-state index in [-0.39, 0.29) is 21.2 Å². The number of nitrogens with one attached hydrogen (secondary N) is 1. The van der Waals surface area contributed by atoms with Crippen molar-refractivity contribution in [2.75, 3.05) is 0 Å². The minimum Gasteiger partial charge on any atom is -0.478 e. The minimum absolute atomic E-state index is 0.0406. The van der Waals surface area contributed by atoms with Crippen molar-refractivity contribution in [3.63, 3.8) is 0 Å². The largest absolute Gasteiger partial charge is 0.478 e. The third-order valence-corrected chi connectivity index (χ3v) is 8.61. The topological polar surface area (TPSA) is 99.5 Å². The quantitative estimate of drug-likeness (QED) is 0.137. The number of benzene rings is 4. The van der Waals surface area contributed by atoms with E-state index in [1.54, 1.807) is 13.8 Å². The Balaban J connectivity index is 1.47. The summed E-state index contributed by atoms with van der Waals surface area (Å²) in [7, 11) is 0. The van der Waals surface area contributed by atoms with Crippen molar-refractivity contribution in [3.8, 4) is 0 Å². The van der Waals surface area contributed by atoms with Gasteiger partial charge in [0.05, 0.1) is 44.0 Å². The highest BCUT2D eigenvalue weighted by atomic mass is 35.5. The zero-order valence-corrected chi connectivity index (χ0v) is 27.4. The van der Waals surface area contributed by atoms with Crippen molar-refractivity contribution < 1.29 is 19.8 Å². The summed E-state index contributed by atoms with van der Waals surface area (Å²) >= 11 is 18.4. The van der Waals surface area contributed by atoms with Gasteiger partial charge in [-0.1, -0.05) is 95.5 Å². The molecule has 0 aliphatic carbocycles. The summed E-state index contributed by atoms with van der Waals surface area (Å²) in [4.78, 5) is 30.3. The van der Waals surface area contributed by atoms with Gasteiger partial charge in [-0.25, -0.2) is 9.78 Å². The van der Waals surface area contributed by atoms with Crippen LogP contribution >= 0.6 is 34.8 Å². The molecule has 0 spiro atoms. The van der Waals surface area contributed by atoms with Crippen molar-refractivity contribution in [1.29, 1.82) is 0 Å². The van der Waals surface area contributed by atoms with Crippen LogP contribution in [0.1, 0.15) is 75.0 Å². The van der Waals surface area contributed by atoms with E-state index in [1.807, 2.05) is 91.0 Å². The van der Waals surface area contributed by atoms with Crippen LogP contribution in [0.25, 0.3) is 23.1 Å². The highest BCUT2D eigenvalue weighted by Crippen LogP contribution is 2.30. The molecule has 0 aliphatic rings. The Morgan fingerprint density at radius 3 is 2.33 bits per heavy atom. The van der Waals surface area contributed by atoms with E-state index in [0.717, 1.165) is 38.9 Å². The number of hydrogen-bond acceptors (Lipinski definition) is 4. The molecule has 0 saturated heterocycles. The first-order valence-electron chi connectivity index (χ1n) is 14.6. The van der Waals surface area contributed by atoms with Crippen LogP contribution in [0.3, 0.4) is 0 Å². The molecular formula is C37H31Cl3N2O4. The van der Waals surface area contributed by atoms with Gasteiger partial charge in [0.15, 0.2) is 0 Å². The van der Waals surface area contributed by atoms with Crippen LogP contribution in [-0.4, -0.2) is 27.1 Å². The lowest BCUT2D eigenvalue weighted by Gasteiger charge is -2.24. The van der Waals surface area contributed by atoms with Crippen LogP contribution in [0.2, 0.25) is 15.1 Å². The monoisotopic (exact) mass is 672 g/mol. The molecule has 1 heterocycles. The molecule has 1 aromatic heterocycles. The normalized spacial score (nSPS) is 12.4. The Morgan fingerprint density at radius 2 is 1.59 bits per heavy atom. The van der Waals surface area contributed by atoms with Crippen molar-refractivity contribution in [2.24, 2.45) is 0 Å². The standard InChI is InChI=1S/C37H31Cl3N2O4/c1-37(2,46)30-9-4-3-7-23(30)13-17-33(42-35(43)28-20-31(39)32(40)21-29(28)36(44)45)25-8-5-6-22(18-25)10-15-27-16-12-24-11-14-26(38)19-34(24)41-27/h3-12,14-16,18-21,33,46H,13,17H2,1-2H3,(H,42,43)(H,44,45)/b15-10+. The van der Waals surface area contributed by atoms with Gasteiger partial charge in [-0.3, -0.25) is 4.79 Å². The highest BCUT2D eigenvalue weighted by Gasteiger charge is 2.24. The Hall–Kier alpha value is -4.20. The predicted molar refractivity (Wildman–Crippen MR) is 186 cm³/mol. The molecule has 0 bridgehead atoms. The van der Waals surface area contributed by atoms with Gasteiger partial charge in [-0.05, 0) is 91.4 Å². The Kier molecular flexibility index (Phi) is 10.1. The number of amides is 1. The maximum Gasteiger partial charge on any atom is 0.336 e. The van der Waals surface area contributed by atoms with Gasteiger partial charge in [-0.15, -0.1) is 0 Å². The average Bonchev–Trinajstić information content (AvgIpc) is 3.02. The minimum atomic E-state index is -1.30. The SMILES string of the molecule is CC(C)(O)c1ccccc1CCC(NC(=O)c1cc(Cl)c(Cl)cc1C(=O)O)c1cccc(/C=C/c2ccc3ccc(Cl)cc3n2)c1. The number of aromatic nitrogens is 1. The third kappa shape index (κ3) is 7.95. The van der Waals surface area contributed by atoms with Crippen molar-refractivity contribution in [3.05, 3.63) is 145 Å². The molecule has 6 nitrogen and oxygen atoms in total. The molecule has 0 saturated carbocycles. The molecular weight excluding hydrogens is 643 g/mol. The van der Waals surface area contributed by atoms with Gasteiger partial charge in [0.25, 0.3) is 5.91 Å². The second-order valence-corrected chi connectivity index (χ2v) is 12.7. The van der Waals surface area contributed by atoms with Gasteiger partial charge in [0.1, 0.15) is 0 Å². The van der Waals surface area contributed by atoms with E-state index in [0.29, 0.717) is 17.9 Å². The van der Waals surface area contributed by atoms with Crippen LogP contribution in [-0.2, 0) is 12.0 Å². The van der Waals surface area contributed by atoms with Gasteiger partial charge >= 0.3 is 5.97 Å². The molecule has 5 rings (SSSR count). The lowest BCUT2D eigenvalue weighted by atomic mass is 9.89. The third-order valence-electron chi connectivity index (χ3n) is 7.65. The first kappa shape index (κ1) is 33.2. The molecule has 5 aromatic rings. The number of hydrogen-bond donors (Lipinski definition) is 3. The fourth-order valence-electron chi connectivity index (χ4n) is 5.36. The van der Waals surface area contributed by atoms with E-state index in [4.69, 9.17) is 39.8 Å². The summed E-state index contributed by atoms with van der Waals surface area (Å²) in [5.74, 6) is -1.90. The molecule has 0 aliphatic heterocycles. The van der Waals surface area contributed by atoms with Gasteiger partial charge in [0, 0.05) is 10.4 Å². The molecule has 9 heteroatoms. The van der Waals surface area contributed by atoms with E-state index in [9.17, 15) is 19.8 Å². The second kappa shape index (κ2) is 14.1. The molecule has 3 N–H and O–H groups in total. The van der Waals surface area contributed by atoms with Crippen molar-refractivity contribution in [1.82, 2.24) is 10.3 Å². The number of fused-ring (bicyclic) bond motifs is 1. The number of aromatic carboxylic acids is 1. The fraction of sp³-hybridized carbons (Fsp3) is 0.162. The fourth-order valence-corrected chi connectivity index (χ4v) is 5.86. The summed E-state index contributed by atoms with van der Waals surface area (Å²) in [6.07, 6.45) is 4.83. The number of pyridine rings is 1. The first-order chi connectivity index (χ1) is 21.9. The number of halogens is 3. The zero-order valence-electron chi connectivity index (χ0n) is 25.1. The van der Waals surface area contributed by atoms with Crippen LogP contribution in [0.4, 0.5) is 0 Å². The van der Waals surface area contributed by atoms with E-state index < -0.39 is 23.5 Å². The number of rotatable bonds is 10. The van der Waals surface area contributed by atoms with Crippen LogP contribution in [0, 0.1) is 0 Å². The number of carboxylic acids is 1. The number of nitrogens with zero attached hydrogens (tertiary/aromatic N) is 1. The summed E-state index contributed by atoms with van der Waals surface area (Å²) < 4.78 is 0. The molecule has 1 unspecified atom stereocenters. The molecule has 1 atom stereocenters. The van der Waals surface area contributed by atoms with Crippen LogP contribution in [0.5, 0.6) is 0 Å². The van der Waals surface area contributed by atoms with Crippen molar-refractivity contribution in [2.45, 2.75) is 38.3 Å². The molecule has 0 radical (unpaired) electrons. The number of carbonyl (C=O) groups is 2. The van der Waals surface area contributed by atoms with E-state index >= 15 is 0 Å². The van der Waals surface area contributed by atoms with Gasteiger partial charge in [0.2, 0.25) is 0 Å². The number of carbonyl (C=O) groups excluding carboxylic acids is 1. The molecule has 46 heavy (non-hydrogen) atoms. The van der Waals surface area contributed by atoms with Crippen LogP contribution < -0.4 is 5.32 Å². The van der Waals surface area contributed by atoms with Crippen LogP contribution in [0.15, 0.2) is 91.0 Å². The summed E-state index contributed by atoms with van der Waals surface area (Å²) in [5.41, 5.74) is 3.57. The first-order valence-corrected chi connectivity index (χ1v) is 15.7. The smallest absolute Gasteiger partial charge is 0.336 e. The molecule has 1 amide bonds.